The van der Waals surface area contributed by atoms with E-state index in [2.05, 4.69) is 0 Å². The maximum absolute atomic E-state index is 14.5. The molecule has 3 rings (SSSR count). The molecule has 23 heavy (non-hydrogen) atoms. The molecule has 0 fully saturated rings. The second-order valence-corrected chi connectivity index (χ2v) is 6.20. The first kappa shape index (κ1) is 15.9. The zero-order valence-corrected chi connectivity index (χ0v) is 13.4. The smallest absolute Gasteiger partial charge is 0.348 e. The van der Waals surface area contributed by atoms with Crippen molar-refractivity contribution in [1.82, 2.24) is 0 Å². The van der Waals surface area contributed by atoms with Crippen molar-refractivity contribution < 1.29 is 32.2 Å². The molecule has 1 aliphatic rings. The van der Waals surface area contributed by atoms with Crippen LogP contribution in [0.4, 0.5) is 13.2 Å². The van der Waals surface area contributed by atoms with E-state index in [1.807, 2.05) is 0 Å². The molecule has 0 radical (unpaired) electrons. The van der Waals surface area contributed by atoms with Gasteiger partial charge >= 0.3 is 17.7 Å². The fourth-order valence-electron chi connectivity index (χ4n) is 2.48. The Balaban J connectivity index is 2.28. The second-order valence-electron chi connectivity index (χ2n) is 5.12. The molecule has 124 valence electrons. The predicted molar refractivity (Wildman–Crippen MR) is 78.4 cm³/mol. The molecule has 0 N–H and O–H groups in total. The van der Waals surface area contributed by atoms with Crippen LogP contribution in [0.3, 0.4) is 0 Å². The van der Waals surface area contributed by atoms with Crippen molar-refractivity contribution in [2.24, 2.45) is 0 Å². The number of hydrogen-bond acceptors (Lipinski definition) is 5. The summed E-state index contributed by atoms with van der Waals surface area (Å²) in [6, 6.07) is 2.72. The van der Waals surface area contributed by atoms with Gasteiger partial charge in [0.25, 0.3) is 0 Å². The number of hydrogen-bond donors (Lipinski definition) is 0. The number of fused-ring (bicyclic) bond motifs is 3. The normalized spacial score (nSPS) is 21.8. The number of thiophene rings is 1. The molecule has 0 saturated heterocycles. The number of carbonyl (C=O) groups is 1. The summed E-state index contributed by atoms with van der Waals surface area (Å²) in [7, 11) is 1.27. The maximum atomic E-state index is 14.5. The first-order valence-electron chi connectivity index (χ1n) is 6.80. The molecule has 2 aromatic rings. The van der Waals surface area contributed by atoms with Crippen LogP contribution in [-0.2, 0) is 10.7 Å². The Bertz CT molecular complexity index is 798. The maximum Gasteiger partial charge on any atom is 0.348 e. The second kappa shape index (κ2) is 5.02. The topological polar surface area (TPSA) is 44.8 Å². The minimum atomic E-state index is -3.87. The third kappa shape index (κ3) is 2.15. The van der Waals surface area contributed by atoms with E-state index in [-0.39, 0.29) is 28.4 Å². The summed E-state index contributed by atoms with van der Waals surface area (Å²) in [6.45, 7) is 2.47. The van der Waals surface area contributed by atoms with Crippen molar-refractivity contribution in [3.05, 3.63) is 22.6 Å². The van der Waals surface area contributed by atoms with Gasteiger partial charge < -0.3 is 14.2 Å². The van der Waals surface area contributed by atoms with Crippen LogP contribution in [0, 0.1) is 0 Å². The molecule has 1 unspecified atom stereocenters. The summed E-state index contributed by atoms with van der Waals surface area (Å²) in [5.74, 6) is -8.04. The molecule has 2 heterocycles. The van der Waals surface area contributed by atoms with Gasteiger partial charge in [0, 0.05) is 23.1 Å². The van der Waals surface area contributed by atoms with E-state index >= 15 is 0 Å². The van der Waals surface area contributed by atoms with Crippen LogP contribution in [0.2, 0.25) is 0 Å². The predicted octanol–water partition coefficient (Wildman–Crippen LogP) is 4.26. The molecule has 1 atom stereocenters. The van der Waals surface area contributed by atoms with E-state index in [1.165, 1.54) is 19.2 Å². The molecule has 8 heteroatoms. The molecule has 4 nitrogen and oxygen atoms in total. The molecule has 1 aromatic carbocycles. The van der Waals surface area contributed by atoms with Gasteiger partial charge in [-0.15, -0.1) is 11.3 Å². The van der Waals surface area contributed by atoms with Gasteiger partial charge in [-0.2, -0.15) is 13.2 Å². The van der Waals surface area contributed by atoms with Gasteiger partial charge in [-0.05, 0) is 13.0 Å². The number of ether oxygens (including phenoxy) is 3. The van der Waals surface area contributed by atoms with Gasteiger partial charge in [-0.1, -0.05) is 0 Å². The molecule has 0 amide bonds. The molecule has 1 aromatic heterocycles. The summed E-state index contributed by atoms with van der Waals surface area (Å²) in [6.07, 6.45) is 0. The molecular formula is C15H13F3O4S. The van der Waals surface area contributed by atoms with E-state index in [0.717, 1.165) is 11.3 Å². The van der Waals surface area contributed by atoms with Crippen LogP contribution in [0.5, 0.6) is 11.5 Å². The first-order valence-corrected chi connectivity index (χ1v) is 7.62. The minimum absolute atomic E-state index is 0.00851. The Morgan fingerprint density at radius 2 is 2.04 bits per heavy atom. The summed E-state index contributed by atoms with van der Waals surface area (Å²) < 4.78 is 58.2. The SMILES string of the molecule is CCOC(=O)c1cc2c3c(c(OC)cc2s1)OC(C)(F)C3(F)F. The Kier molecular flexibility index (Phi) is 3.47. The van der Waals surface area contributed by atoms with Gasteiger partial charge in [0.1, 0.15) is 4.88 Å². The van der Waals surface area contributed by atoms with Crippen molar-refractivity contribution in [2.75, 3.05) is 13.7 Å². The minimum Gasteiger partial charge on any atom is -0.493 e. The standard InChI is InChI=1S/C15H13F3O4S/c1-4-21-13(19)10-5-7-9(23-10)6-8(20-3)12-11(7)15(17,18)14(2,16)22-12/h5-6H,4H2,1-3H3. The van der Waals surface area contributed by atoms with E-state index in [4.69, 9.17) is 14.2 Å². The van der Waals surface area contributed by atoms with Crippen LogP contribution in [0.15, 0.2) is 12.1 Å². The Morgan fingerprint density at radius 1 is 1.35 bits per heavy atom. The van der Waals surface area contributed by atoms with Gasteiger partial charge in [0.2, 0.25) is 0 Å². The number of carbonyl (C=O) groups excluding carboxylic acids is 1. The van der Waals surface area contributed by atoms with Gasteiger partial charge in [0.05, 0.1) is 19.3 Å². The van der Waals surface area contributed by atoms with Gasteiger partial charge in [-0.25, -0.2) is 4.79 Å². The van der Waals surface area contributed by atoms with Crippen LogP contribution in [0.1, 0.15) is 29.1 Å². The quantitative estimate of drug-likeness (QED) is 0.779. The Hall–Kier alpha value is -1.96. The zero-order valence-electron chi connectivity index (χ0n) is 12.5. The van der Waals surface area contributed by atoms with Crippen LogP contribution < -0.4 is 9.47 Å². The zero-order chi connectivity index (χ0) is 17.0. The highest BCUT2D eigenvalue weighted by Crippen LogP contribution is 2.58. The molecule has 1 aliphatic heterocycles. The first-order chi connectivity index (χ1) is 10.7. The average molecular weight is 346 g/mol. The molecule has 0 saturated carbocycles. The van der Waals surface area contributed by atoms with Crippen molar-refractivity contribution in [1.29, 1.82) is 0 Å². The van der Waals surface area contributed by atoms with Gasteiger partial charge in [-0.3, -0.25) is 0 Å². The highest BCUT2D eigenvalue weighted by Gasteiger charge is 2.63. The number of benzene rings is 1. The van der Waals surface area contributed by atoms with Crippen molar-refractivity contribution >= 4 is 27.4 Å². The molecular weight excluding hydrogens is 333 g/mol. The van der Waals surface area contributed by atoms with Gasteiger partial charge in [0.15, 0.2) is 11.5 Å². The lowest BCUT2D eigenvalue weighted by atomic mass is 10.0. The number of alkyl halides is 3. The lowest BCUT2D eigenvalue weighted by Crippen LogP contribution is -2.38. The third-order valence-electron chi connectivity index (χ3n) is 3.61. The fourth-order valence-corrected chi connectivity index (χ4v) is 3.48. The van der Waals surface area contributed by atoms with E-state index in [1.54, 1.807) is 6.92 Å². The number of methoxy groups -OCH3 is 1. The van der Waals surface area contributed by atoms with E-state index < -0.39 is 23.3 Å². The summed E-state index contributed by atoms with van der Waals surface area (Å²) in [4.78, 5) is 12.0. The lowest BCUT2D eigenvalue weighted by Gasteiger charge is -2.21. The van der Waals surface area contributed by atoms with Crippen molar-refractivity contribution in [3.8, 4) is 11.5 Å². The van der Waals surface area contributed by atoms with E-state index in [9.17, 15) is 18.0 Å². The summed E-state index contributed by atoms with van der Waals surface area (Å²) in [5.41, 5.74) is -0.608. The van der Waals surface area contributed by atoms with Crippen LogP contribution in [-0.4, -0.2) is 25.5 Å². The van der Waals surface area contributed by atoms with E-state index in [0.29, 0.717) is 11.6 Å². The van der Waals surface area contributed by atoms with Crippen molar-refractivity contribution in [3.63, 3.8) is 0 Å². The van der Waals surface area contributed by atoms with Crippen molar-refractivity contribution in [2.45, 2.75) is 25.6 Å². The fraction of sp³-hybridized carbons (Fsp3) is 0.400. The number of halogens is 3. The third-order valence-corrected chi connectivity index (χ3v) is 4.67. The largest absolute Gasteiger partial charge is 0.493 e. The average Bonchev–Trinajstić information content (AvgIpc) is 2.96. The molecule has 0 spiro atoms. The monoisotopic (exact) mass is 346 g/mol. The Morgan fingerprint density at radius 3 is 2.65 bits per heavy atom. The summed E-state index contributed by atoms with van der Waals surface area (Å²) >= 11 is 0.976. The molecule has 0 bridgehead atoms. The molecule has 0 aliphatic carbocycles. The lowest BCUT2D eigenvalue weighted by molar-refractivity contribution is -0.209. The Labute approximate surface area is 133 Å². The number of esters is 1. The summed E-state index contributed by atoms with van der Waals surface area (Å²) in [5, 5.41) is 0.0558. The highest BCUT2D eigenvalue weighted by atomic mass is 32.1. The van der Waals surface area contributed by atoms with Crippen LogP contribution >= 0.6 is 11.3 Å². The number of rotatable bonds is 3. The highest BCUT2D eigenvalue weighted by molar-refractivity contribution is 7.20. The van der Waals surface area contributed by atoms with Crippen LogP contribution in [0.25, 0.3) is 10.1 Å².